The highest BCUT2D eigenvalue weighted by molar-refractivity contribution is 5.78. The van der Waals surface area contributed by atoms with Crippen molar-refractivity contribution in [3.8, 4) is 0 Å². The molecule has 1 N–H and O–H groups in total. The van der Waals surface area contributed by atoms with Gasteiger partial charge in [-0.3, -0.25) is 9.69 Å². The summed E-state index contributed by atoms with van der Waals surface area (Å²) in [7, 11) is 3.42. The van der Waals surface area contributed by atoms with Gasteiger partial charge in [0.1, 0.15) is 0 Å². The number of carbonyl (C=O) groups excluding carboxylic acids is 1. The first-order valence-electron chi connectivity index (χ1n) is 8.21. The normalized spacial score (nSPS) is 21.5. The first kappa shape index (κ1) is 17.9. The first-order chi connectivity index (χ1) is 11.1. The van der Waals surface area contributed by atoms with E-state index in [9.17, 15) is 4.79 Å². The molecule has 1 aromatic rings. The summed E-state index contributed by atoms with van der Waals surface area (Å²) in [6.45, 7) is 4.59. The Morgan fingerprint density at radius 2 is 2.13 bits per heavy atom. The quantitative estimate of drug-likeness (QED) is 0.786. The summed E-state index contributed by atoms with van der Waals surface area (Å²) < 4.78 is 10.7. The molecule has 5 heteroatoms. The Labute approximate surface area is 139 Å². The van der Waals surface area contributed by atoms with E-state index in [1.54, 1.807) is 14.2 Å². The van der Waals surface area contributed by atoms with Gasteiger partial charge in [0.2, 0.25) is 5.91 Å². The van der Waals surface area contributed by atoms with Gasteiger partial charge in [0, 0.05) is 33.4 Å². The van der Waals surface area contributed by atoms with Gasteiger partial charge < -0.3 is 14.8 Å². The van der Waals surface area contributed by atoms with Gasteiger partial charge in [-0.05, 0) is 30.9 Å². The van der Waals surface area contributed by atoms with E-state index >= 15 is 0 Å². The summed E-state index contributed by atoms with van der Waals surface area (Å²) in [6, 6.07) is 8.54. The highest BCUT2D eigenvalue weighted by atomic mass is 16.5. The van der Waals surface area contributed by atoms with Crippen LogP contribution >= 0.6 is 0 Å². The van der Waals surface area contributed by atoms with Crippen LogP contribution in [0.25, 0.3) is 0 Å². The number of methoxy groups -OCH3 is 2. The summed E-state index contributed by atoms with van der Waals surface area (Å²) in [5.41, 5.74) is 2.55. The van der Waals surface area contributed by atoms with Crippen LogP contribution in [0, 0.1) is 6.92 Å². The molecule has 0 radical (unpaired) electrons. The molecule has 23 heavy (non-hydrogen) atoms. The van der Waals surface area contributed by atoms with Crippen LogP contribution in [0.3, 0.4) is 0 Å². The monoisotopic (exact) mass is 320 g/mol. The Kier molecular flexibility index (Phi) is 7.02. The fourth-order valence-electron chi connectivity index (χ4n) is 3.14. The molecule has 1 saturated heterocycles. The lowest BCUT2D eigenvalue weighted by Crippen LogP contribution is -2.42. The molecular weight excluding hydrogens is 292 g/mol. The number of benzene rings is 1. The lowest BCUT2D eigenvalue weighted by molar-refractivity contribution is -0.122. The SMILES string of the molecule is COC[C@@H]1C[C@@H](OC)CN1CC(=O)NCCc1ccccc1C. The maximum absolute atomic E-state index is 12.2. The van der Waals surface area contributed by atoms with Crippen molar-refractivity contribution in [1.82, 2.24) is 10.2 Å². The molecule has 0 bridgehead atoms. The van der Waals surface area contributed by atoms with Crippen molar-refractivity contribution in [3.63, 3.8) is 0 Å². The van der Waals surface area contributed by atoms with Gasteiger partial charge in [-0.15, -0.1) is 0 Å². The first-order valence-corrected chi connectivity index (χ1v) is 8.21. The second kappa shape index (κ2) is 9.01. The van der Waals surface area contributed by atoms with Crippen molar-refractivity contribution in [2.24, 2.45) is 0 Å². The van der Waals surface area contributed by atoms with E-state index in [0.29, 0.717) is 19.7 Å². The molecule has 0 spiro atoms. The number of hydrogen-bond donors (Lipinski definition) is 1. The maximum Gasteiger partial charge on any atom is 0.234 e. The predicted molar refractivity (Wildman–Crippen MR) is 90.5 cm³/mol. The van der Waals surface area contributed by atoms with Crippen LogP contribution in [0.4, 0.5) is 0 Å². The number of nitrogens with one attached hydrogen (secondary N) is 1. The van der Waals surface area contributed by atoms with Crippen molar-refractivity contribution in [2.45, 2.75) is 31.9 Å². The predicted octanol–water partition coefficient (Wildman–Crippen LogP) is 1.39. The van der Waals surface area contributed by atoms with Crippen molar-refractivity contribution in [1.29, 1.82) is 0 Å². The number of rotatable bonds is 8. The molecule has 0 aliphatic carbocycles. The third kappa shape index (κ3) is 5.30. The molecule has 1 aromatic carbocycles. The van der Waals surface area contributed by atoms with E-state index in [0.717, 1.165) is 19.4 Å². The molecule has 5 nitrogen and oxygen atoms in total. The Morgan fingerprint density at radius 3 is 2.83 bits per heavy atom. The number of likely N-dealkylation sites (tertiary alicyclic amines) is 1. The van der Waals surface area contributed by atoms with Crippen molar-refractivity contribution < 1.29 is 14.3 Å². The Balaban J connectivity index is 1.76. The minimum Gasteiger partial charge on any atom is -0.383 e. The number of amides is 1. The van der Waals surface area contributed by atoms with Crippen molar-refractivity contribution in [2.75, 3.05) is 40.5 Å². The van der Waals surface area contributed by atoms with Crippen molar-refractivity contribution >= 4 is 5.91 Å². The minimum atomic E-state index is 0.0661. The molecule has 0 aromatic heterocycles. The summed E-state index contributed by atoms with van der Waals surface area (Å²) >= 11 is 0. The van der Waals surface area contributed by atoms with E-state index in [2.05, 4.69) is 29.3 Å². The second-order valence-electron chi connectivity index (χ2n) is 6.16. The zero-order valence-electron chi connectivity index (χ0n) is 14.4. The van der Waals surface area contributed by atoms with Crippen LogP contribution in [0.5, 0.6) is 0 Å². The van der Waals surface area contributed by atoms with Crippen LogP contribution in [0.15, 0.2) is 24.3 Å². The smallest absolute Gasteiger partial charge is 0.234 e. The zero-order valence-corrected chi connectivity index (χ0v) is 14.4. The average Bonchev–Trinajstić information content (AvgIpc) is 2.91. The van der Waals surface area contributed by atoms with E-state index in [1.165, 1.54) is 11.1 Å². The second-order valence-corrected chi connectivity index (χ2v) is 6.16. The molecule has 0 unspecified atom stereocenters. The standard InChI is InChI=1S/C18H28N2O3/c1-14-6-4-5-7-15(14)8-9-19-18(21)12-20-11-17(23-3)10-16(20)13-22-2/h4-7,16-17H,8-13H2,1-3H3,(H,19,21)/t16-,17+/m0/s1. The summed E-state index contributed by atoms with van der Waals surface area (Å²) in [5, 5.41) is 3.02. The van der Waals surface area contributed by atoms with Crippen molar-refractivity contribution in [3.05, 3.63) is 35.4 Å². The van der Waals surface area contributed by atoms with Gasteiger partial charge in [0.15, 0.2) is 0 Å². The minimum absolute atomic E-state index is 0.0661. The van der Waals surface area contributed by atoms with Crippen LogP contribution in [-0.4, -0.2) is 63.4 Å². The van der Waals surface area contributed by atoms with E-state index in [4.69, 9.17) is 9.47 Å². The Bertz CT molecular complexity index is 507. The molecule has 1 fully saturated rings. The number of ether oxygens (including phenoxy) is 2. The van der Waals surface area contributed by atoms with Crippen LogP contribution < -0.4 is 5.32 Å². The number of aryl methyl sites for hydroxylation is 1. The third-order valence-electron chi connectivity index (χ3n) is 4.51. The van der Waals surface area contributed by atoms with E-state index < -0.39 is 0 Å². The Hall–Kier alpha value is -1.43. The molecular formula is C18H28N2O3. The highest BCUT2D eigenvalue weighted by Gasteiger charge is 2.32. The maximum atomic E-state index is 12.2. The van der Waals surface area contributed by atoms with Gasteiger partial charge >= 0.3 is 0 Å². The lowest BCUT2D eigenvalue weighted by atomic mass is 10.1. The summed E-state index contributed by atoms with van der Waals surface area (Å²) in [5.74, 6) is 0.0661. The van der Waals surface area contributed by atoms with E-state index in [1.807, 2.05) is 12.1 Å². The molecule has 1 aliphatic heterocycles. The largest absolute Gasteiger partial charge is 0.383 e. The number of nitrogens with zero attached hydrogens (tertiary/aromatic N) is 1. The molecule has 128 valence electrons. The molecule has 2 atom stereocenters. The van der Waals surface area contributed by atoms with E-state index in [-0.39, 0.29) is 18.1 Å². The van der Waals surface area contributed by atoms with Crippen LogP contribution in [-0.2, 0) is 20.7 Å². The average molecular weight is 320 g/mol. The zero-order chi connectivity index (χ0) is 16.7. The van der Waals surface area contributed by atoms with Gasteiger partial charge in [-0.2, -0.15) is 0 Å². The fraction of sp³-hybridized carbons (Fsp3) is 0.611. The summed E-state index contributed by atoms with van der Waals surface area (Å²) in [6.07, 6.45) is 1.97. The molecule has 1 aliphatic rings. The topological polar surface area (TPSA) is 50.8 Å². The van der Waals surface area contributed by atoms with Gasteiger partial charge in [-0.25, -0.2) is 0 Å². The fourth-order valence-corrected chi connectivity index (χ4v) is 3.14. The molecule has 1 heterocycles. The summed E-state index contributed by atoms with van der Waals surface area (Å²) in [4.78, 5) is 14.3. The Morgan fingerprint density at radius 1 is 1.35 bits per heavy atom. The number of hydrogen-bond acceptors (Lipinski definition) is 4. The number of carbonyl (C=O) groups is 1. The third-order valence-corrected chi connectivity index (χ3v) is 4.51. The van der Waals surface area contributed by atoms with Gasteiger partial charge in [0.05, 0.1) is 19.3 Å². The van der Waals surface area contributed by atoms with Gasteiger partial charge in [-0.1, -0.05) is 24.3 Å². The molecule has 1 amide bonds. The van der Waals surface area contributed by atoms with Crippen LogP contribution in [0.2, 0.25) is 0 Å². The van der Waals surface area contributed by atoms with Gasteiger partial charge in [0.25, 0.3) is 0 Å². The highest BCUT2D eigenvalue weighted by Crippen LogP contribution is 2.19. The van der Waals surface area contributed by atoms with Crippen LogP contribution in [0.1, 0.15) is 17.5 Å². The molecule has 2 rings (SSSR count). The lowest BCUT2D eigenvalue weighted by Gasteiger charge is -2.22. The molecule has 0 saturated carbocycles.